The number of hydrogen-bond acceptors (Lipinski definition) is 2. The van der Waals surface area contributed by atoms with E-state index in [0.717, 1.165) is 23.3 Å². The summed E-state index contributed by atoms with van der Waals surface area (Å²) >= 11 is 0. The van der Waals surface area contributed by atoms with E-state index >= 15 is 0 Å². The van der Waals surface area contributed by atoms with Gasteiger partial charge in [0.05, 0.1) is 0 Å². The monoisotopic (exact) mass is 248 g/mol. The van der Waals surface area contributed by atoms with Crippen molar-refractivity contribution in [1.29, 1.82) is 0 Å². The van der Waals surface area contributed by atoms with Gasteiger partial charge in [-0.3, -0.25) is 4.79 Å². The second-order valence-corrected chi connectivity index (χ2v) is 3.62. The molecule has 0 unspecified atom stereocenters. The first-order valence-corrected chi connectivity index (χ1v) is 5.51. The molecule has 5 heteroatoms. The van der Waals surface area contributed by atoms with E-state index in [0.29, 0.717) is 0 Å². The van der Waals surface area contributed by atoms with Crippen molar-refractivity contribution in [3.05, 3.63) is 47.7 Å². The Morgan fingerprint density at radius 1 is 1.28 bits per heavy atom. The number of hydrogen-bond donors (Lipinski definition) is 3. The van der Waals surface area contributed by atoms with E-state index in [1.54, 1.807) is 12.2 Å². The smallest absolute Gasteiger partial charge is 0.272 e. The molecule has 18 heavy (non-hydrogen) atoms. The minimum atomic E-state index is -0.519. The molecule has 0 bridgehead atoms. The van der Waals surface area contributed by atoms with E-state index in [-0.39, 0.29) is 5.96 Å². The van der Waals surface area contributed by atoms with Crippen molar-refractivity contribution in [2.24, 2.45) is 22.2 Å². The highest BCUT2D eigenvalue weighted by Gasteiger charge is 1.96. The molecular weight excluding hydrogens is 228 g/mol. The highest BCUT2D eigenvalue weighted by atomic mass is 16.1. The number of nitrogens with zero attached hydrogens (tertiary/aromatic N) is 1. The van der Waals surface area contributed by atoms with Crippen LogP contribution in [-0.4, -0.2) is 11.9 Å². The molecule has 0 rings (SSSR count). The van der Waals surface area contributed by atoms with Gasteiger partial charge in [-0.2, -0.15) is 4.99 Å². The van der Waals surface area contributed by atoms with E-state index < -0.39 is 5.91 Å². The lowest BCUT2D eigenvalue weighted by molar-refractivity contribution is -0.113. The maximum atomic E-state index is 11.2. The van der Waals surface area contributed by atoms with Gasteiger partial charge in [0.15, 0.2) is 5.96 Å². The number of allylic oxidation sites excluding steroid dienone is 6. The van der Waals surface area contributed by atoms with Crippen LogP contribution in [0.15, 0.2) is 52.7 Å². The van der Waals surface area contributed by atoms with Crippen molar-refractivity contribution >= 4 is 11.9 Å². The third-order valence-electron chi connectivity index (χ3n) is 2.12. The first-order chi connectivity index (χ1) is 8.40. The summed E-state index contributed by atoms with van der Waals surface area (Å²) < 4.78 is 0. The minimum absolute atomic E-state index is 0.263. The van der Waals surface area contributed by atoms with Crippen molar-refractivity contribution in [3.63, 3.8) is 0 Å². The third kappa shape index (κ3) is 6.32. The molecule has 0 aliphatic carbocycles. The number of guanidine groups is 1. The highest BCUT2D eigenvalue weighted by molar-refractivity contribution is 5.97. The molecule has 0 fully saturated rings. The number of aliphatic imine (C=N–C) groups is 1. The maximum absolute atomic E-state index is 11.2. The van der Waals surface area contributed by atoms with E-state index in [9.17, 15) is 4.79 Å². The summed E-state index contributed by atoms with van der Waals surface area (Å²) in [6.07, 6.45) is 7.14. The SMILES string of the molecule is C=CC(/C=C/C(=O)N=C(N)N)=C\C(CC)=C(/C)N. The Balaban J connectivity index is 5.04. The predicted octanol–water partition coefficient (Wildman–Crippen LogP) is 1.10. The van der Waals surface area contributed by atoms with Gasteiger partial charge in [-0.25, -0.2) is 0 Å². The molecule has 0 saturated heterocycles. The molecular formula is C13H20N4O. The molecule has 0 spiro atoms. The van der Waals surface area contributed by atoms with Crippen LogP contribution in [0.5, 0.6) is 0 Å². The third-order valence-corrected chi connectivity index (χ3v) is 2.12. The van der Waals surface area contributed by atoms with Crippen molar-refractivity contribution in [2.75, 3.05) is 0 Å². The fourth-order valence-corrected chi connectivity index (χ4v) is 1.20. The lowest BCUT2D eigenvalue weighted by Crippen LogP contribution is -2.23. The van der Waals surface area contributed by atoms with Crippen LogP contribution in [0.2, 0.25) is 0 Å². The summed E-state index contributed by atoms with van der Waals surface area (Å²) in [6.45, 7) is 7.49. The molecule has 0 aliphatic heterocycles. The van der Waals surface area contributed by atoms with Crippen LogP contribution >= 0.6 is 0 Å². The Morgan fingerprint density at radius 2 is 1.89 bits per heavy atom. The number of amides is 1. The molecule has 0 aliphatic rings. The second kappa shape index (κ2) is 7.89. The fourth-order valence-electron chi connectivity index (χ4n) is 1.20. The molecule has 0 heterocycles. The van der Waals surface area contributed by atoms with E-state index in [1.165, 1.54) is 6.08 Å². The average Bonchev–Trinajstić information content (AvgIpc) is 2.28. The van der Waals surface area contributed by atoms with E-state index in [2.05, 4.69) is 11.6 Å². The Morgan fingerprint density at radius 3 is 2.28 bits per heavy atom. The zero-order valence-corrected chi connectivity index (χ0v) is 10.8. The van der Waals surface area contributed by atoms with E-state index in [1.807, 2.05) is 19.9 Å². The number of rotatable bonds is 5. The highest BCUT2D eigenvalue weighted by Crippen LogP contribution is 2.11. The van der Waals surface area contributed by atoms with Gasteiger partial charge in [0.25, 0.3) is 5.91 Å². The standard InChI is InChI=1S/C13H20N4O/c1-4-10(8-11(5-2)9(3)14)6-7-12(18)17-13(15)16/h4,6-8H,1,5,14H2,2-3H3,(H4,15,16,17,18)/b7-6+,10-8+,11-9+. The summed E-state index contributed by atoms with van der Waals surface area (Å²) in [5.74, 6) is -0.782. The second-order valence-electron chi connectivity index (χ2n) is 3.62. The van der Waals surface area contributed by atoms with Gasteiger partial charge in [0, 0.05) is 11.8 Å². The molecule has 0 radical (unpaired) electrons. The first-order valence-electron chi connectivity index (χ1n) is 5.51. The summed E-state index contributed by atoms with van der Waals surface area (Å²) in [7, 11) is 0. The molecule has 0 atom stereocenters. The number of carbonyl (C=O) groups excluding carboxylic acids is 1. The lowest BCUT2D eigenvalue weighted by Gasteiger charge is -2.02. The van der Waals surface area contributed by atoms with Crippen molar-refractivity contribution in [1.82, 2.24) is 0 Å². The Bertz CT molecular complexity index is 434. The minimum Gasteiger partial charge on any atom is -0.402 e. The first kappa shape index (κ1) is 15.7. The van der Waals surface area contributed by atoms with Crippen molar-refractivity contribution in [3.8, 4) is 0 Å². The fraction of sp³-hybridized carbons (Fsp3) is 0.231. The molecule has 5 nitrogen and oxygen atoms in total. The van der Waals surface area contributed by atoms with Crippen LogP contribution in [-0.2, 0) is 4.79 Å². The normalized spacial score (nSPS) is 13.1. The van der Waals surface area contributed by atoms with Gasteiger partial charge in [0.1, 0.15) is 0 Å². The molecule has 0 aromatic heterocycles. The van der Waals surface area contributed by atoms with Gasteiger partial charge in [-0.1, -0.05) is 25.7 Å². The molecule has 98 valence electrons. The van der Waals surface area contributed by atoms with Crippen LogP contribution in [0.4, 0.5) is 0 Å². The van der Waals surface area contributed by atoms with Gasteiger partial charge < -0.3 is 17.2 Å². The van der Waals surface area contributed by atoms with Gasteiger partial charge >= 0.3 is 0 Å². The molecule has 0 saturated carbocycles. The van der Waals surface area contributed by atoms with Gasteiger partial charge in [-0.05, 0) is 30.6 Å². The predicted molar refractivity (Wildman–Crippen MR) is 75.4 cm³/mol. The Kier molecular flexibility index (Phi) is 6.88. The summed E-state index contributed by atoms with van der Waals surface area (Å²) in [6, 6.07) is 0. The van der Waals surface area contributed by atoms with Crippen molar-refractivity contribution < 1.29 is 4.79 Å². The van der Waals surface area contributed by atoms with Gasteiger partial charge in [0.2, 0.25) is 0 Å². The maximum Gasteiger partial charge on any atom is 0.272 e. The zero-order valence-electron chi connectivity index (χ0n) is 10.8. The lowest BCUT2D eigenvalue weighted by atomic mass is 10.1. The van der Waals surface area contributed by atoms with Crippen LogP contribution in [0.3, 0.4) is 0 Å². The van der Waals surface area contributed by atoms with Crippen LogP contribution in [0.25, 0.3) is 0 Å². The summed E-state index contributed by atoms with van der Waals surface area (Å²) in [4.78, 5) is 14.6. The molecule has 1 amide bonds. The van der Waals surface area contributed by atoms with Crippen LogP contribution in [0, 0.1) is 0 Å². The van der Waals surface area contributed by atoms with Gasteiger partial charge in [-0.15, -0.1) is 0 Å². The van der Waals surface area contributed by atoms with E-state index in [4.69, 9.17) is 17.2 Å². The van der Waals surface area contributed by atoms with Crippen LogP contribution in [0.1, 0.15) is 20.3 Å². The zero-order chi connectivity index (χ0) is 14.1. The average molecular weight is 248 g/mol. The van der Waals surface area contributed by atoms with Crippen LogP contribution < -0.4 is 17.2 Å². The topological polar surface area (TPSA) is 107 Å². The molecule has 6 N–H and O–H groups in total. The molecule has 0 aromatic rings. The summed E-state index contributed by atoms with van der Waals surface area (Å²) in [5, 5.41) is 0. The Hall–Kier alpha value is -2.30. The van der Waals surface area contributed by atoms with Crippen molar-refractivity contribution in [2.45, 2.75) is 20.3 Å². The number of carbonyl (C=O) groups is 1. The largest absolute Gasteiger partial charge is 0.402 e. The number of nitrogens with two attached hydrogens (primary N) is 3. The molecule has 0 aromatic carbocycles. The quantitative estimate of drug-likeness (QED) is 0.293. The Labute approximate surface area is 107 Å². The summed E-state index contributed by atoms with van der Waals surface area (Å²) in [5.41, 5.74) is 18.4.